The van der Waals surface area contributed by atoms with Gasteiger partial charge in [-0.2, -0.15) is 0 Å². The van der Waals surface area contributed by atoms with E-state index in [1.165, 1.54) is 35.1 Å². The maximum absolute atomic E-state index is 3.60. The Labute approximate surface area is 127 Å². The highest BCUT2D eigenvalue weighted by atomic mass is 79.9. The molecule has 0 spiro atoms. The molecule has 0 radical (unpaired) electrons. The van der Waals surface area contributed by atoms with Crippen molar-refractivity contribution in [3.8, 4) is 0 Å². The molecule has 1 aromatic rings. The lowest BCUT2D eigenvalue weighted by Crippen LogP contribution is -2.35. The molecule has 0 aliphatic rings. The first kappa shape index (κ1) is 16.7. The topological polar surface area (TPSA) is 3.24 Å². The normalized spacial score (nSPS) is 11.6. The van der Waals surface area contributed by atoms with Gasteiger partial charge in [-0.25, -0.2) is 0 Å². The van der Waals surface area contributed by atoms with Crippen LogP contribution >= 0.6 is 15.9 Å². The van der Waals surface area contributed by atoms with E-state index in [1.807, 2.05) is 0 Å². The van der Waals surface area contributed by atoms with E-state index in [0.717, 1.165) is 18.4 Å². The molecule has 1 nitrogen and oxygen atoms in total. The average molecular weight is 326 g/mol. The van der Waals surface area contributed by atoms with Crippen molar-refractivity contribution in [2.45, 2.75) is 60.0 Å². The summed E-state index contributed by atoms with van der Waals surface area (Å²) in [5.74, 6) is 0. The van der Waals surface area contributed by atoms with Gasteiger partial charge in [-0.05, 0) is 50.3 Å². The molecular formula is C17H28BrN. The molecule has 0 aliphatic heterocycles. The van der Waals surface area contributed by atoms with E-state index < -0.39 is 0 Å². The lowest BCUT2D eigenvalue weighted by molar-refractivity contribution is 0.188. The summed E-state index contributed by atoms with van der Waals surface area (Å²) < 4.78 is 0. The van der Waals surface area contributed by atoms with Gasteiger partial charge in [0.25, 0.3) is 0 Å². The Morgan fingerprint density at radius 3 is 2.00 bits per heavy atom. The number of alkyl halides is 1. The van der Waals surface area contributed by atoms with E-state index in [2.05, 4.69) is 67.6 Å². The molecule has 108 valence electrons. The SMILES string of the molecule is CCC(CC)N(CCBr)Cc1c(C)cc(C)cc1C. The van der Waals surface area contributed by atoms with Gasteiger partial charge in [0.15, 0.2) is 0 Å². The molecule has 0 amide bonds. The lowest BCUT2D eigenvalue weighted by Gasteiger charge is -2.31. The van der Waals surface area contributed by atoms with Crippen molar-refractivity contribution in [1.82, 2.24) is 4.90 Å². The van der Waals surface area contributed by atoms with Crippen LogP contribution in [0.1, 0.15) is 48.9 Å². The van der Waals surface area contributed by atoms with E-state index in [0.29, 0.717) is 6.04 Å². The van der Waals surface area contributed by atoms with Gasteiger partial charge < -0.3 is 0 Å². The Hall–Kier alpha value is -0.340. The average Bonchev–Trinajstić information content (AvgIpc) is 2.34. The number of hydrogen-bond acceptors (Lipinski definition) is 1. The van der Waals surface area contributed by atoms with Crippen LogP contribution in [-0.2, 0) is 6.54 Å². The van der Waals surface area contributed by atoms with E-state index in [9.17, 15) is 0 Å². The van der Waals surface area contributed by atoms with Crippen molar-refractivity contribution >= 4 is 15.9 Å². The molecule has 0 saturated heterocycles. The van der Waals surface area contributed by atoms with Crippen LogP contribution in [0.3, 0.4) is 0 Å². The first-order valence-corrected chi connectivity index (χ1v) is 8.52. The van der Waals surface area contributed by atoms with Crippen molar-refractivity contribution in [1.29, 1.82) is 0 Å². The summed E-state index contributed by atoms with van der Waals surface area (Å²) in [6.45, 7) is 13.5. The summed E-state index contributed by atoms with van der Waals surface area (Å²) in [6, 6.07) is 5.31. The Morgan fingerprint density at radius 2 is 1.58 bits per heavy atom. The van der Waals surface area contributed by atoms with Gasteiger partial charge in [0, 0.05) is 24.5 Å². The van der Waals surface area contributed by atoms with Crippen LogP contribution in [0, 0.1) is 20.8 Å². The fraction of sp³-hybridized carbons (Fsp3) is 0.647. The van der Waals surface area contributed by atoms with Crippen LogP contribution in [0.25, 0.3) is 0 Å². The molecular weight excluding hydrogens is 298 g/mol. The predicted molar refractivity (Wildman–Crippen MR) is 89.2 cm³/mol. The zero-order valence-electron chi connectivity index (χ0n) is 13.1. The standard InChI is InChI=1S/C17H28BrN/c1-6-16(7-2)19(9-8-18)12-17-14(4)10-13(3)11-15(17)5/h10-11,16H,6-9,12H2,1-5H3. The summed E-state index contributed by atoms with van der Waals surface area (Å²) in [5, 5.41) is 1.05. The maximum atomic E-state index is 3.60. The molecule has 2 heteroatoms. The quantitative estimate of drug-likeness (QED) is 0.638. The fourth-order valence-corrected chi connectivity index (χ4v) is 3.42. The second-order valence-corrected chi connectivity index (χ2v) is 6.30. The Kier molecular flexibility index (Phi) is 7.09. The molecule has 1 rings (SSSR count). The summed E-state index contributed by atoms with van der Waals surface area (Å²) in [7, 11) is 0. The minimum Gasteiger partial charge on any atom is -0.295 e. The molecule has 0 saturated carbocycles. The summed E-state index contributed by atoms with van der Waals surface area (Å²) in [5.41, 5.74) is 5.75. The minimum absolute atomic E-state index is 0.692. The van der Waals surface area contributed by atoms with Gasteiger partial charge in [0.05, 0.1) is 0 Å². The third kappa shape index (κ3) is 4.61. The monoisotopic (exact) mass is 325 g/mol. The van der Waals surface area contributed by atoms with E-state index in [1.54, 1.807) is 0 Å². The summed E-state index contributed by atoms with van der Waals surface area (Å²) >= 11 is 3.60. The largest absolute Gasteiger partial charge is 0.295 e. The van der Waals surface area contributed by atoms with Crippen LogP contribution < -0.4 is 0 Å². The Bertz CT molecular complexity index is 373. The first-order valence-electron chi connectivity index (χ1n) is 7.40. The molecule has 1 aromatic carbocycles. The maximum Gasteiger partial charge on any atom is 0.0242 e. The highest BCUT2D eigenvalue weighted by Crippen LogP contribution is 2.21. The van der Waals surface area contributed by atoms with E-state index in [-0.39, 0.29) is 0 Å². The molecule has 0 unspecified atom stereocenters. The van der Waals surface area contributed by atoms with Crippen LogP contribution in [0.2, 0.25) is 0 Å². The zero-order valence-corrected chi connectivity index (χ0v) is 14.7. The van der Waals surface area contributed by atoms with Crippen LogP contribution in [0.15, 0.2) is 12.1 Å². The van der Waals surface area contributed by atoms with Crippen LogP contribution in [0.4, 0.5) is 0 Å². The van der Waals surface area contributed by atoms with Crippen molar-refractivity contribution in [3.63, 3.8) is 0 Å². The number of aryl methyl sites for hydroxylation is 3. The number of hydrogen-bond donors (Lipinski definition) is 0. The molecule has 0 bridgehead atoms. The molecule has 0 atom stereocenters. The number of nitrogens with zero attached hydrogens (tertiary/aromatic N) is 1. The van der Waals surface area contributed by atoms with Crippen LogP contribution in [0.5, 0.6) is 0 Å². The molecule has 0 heterocycles. The van der Waals surface area contributed by atoms with Crippen molar-refractivity contribution in [2.24, 2.45) is 0 Å². The van der Waals surface area contributed by atoms with Crippen molar-refractivity contribution in [2.75, 3.05) is 11.9 Å². The van der Waals surface area contributed by atoms with Gasteiger partial charge in [0.1, 0.15) is 0 Å². The first-order chi connectivity index (χ1) is 9.03. The molecule has 19 heavy (non-hydrogen) atoms. The van der Waals surface area contributed by atoms with Crippen LogP contribution in [-0.4, -0.2) is 22.8 Å². The second-order valence-electron chi connectivity index (χ2n) is 5.51. The molecule has 0 aromatic heterocycles. The van der Waals surface area contributed by atoms with Crippen molar-refractivity contribution < 1.29 is 0 Å². The highest BCUT2D eigenvalue weighted by Gasteiger charge is 2.16. The number of halogens is 1. The van der Waals surface area contributed by atoms with Gasteiger partial charge in [-0.15, -0.1) is 0 Å². The van der Waals surface area contributed by atoms with E-state index >= 15 is 0 Å². The third-order valence-corrected chi connectivity index (χ3v) is 4.39. The fourth-order valence-electron chi connectivity index (χ4n) is 2.97. The van der Waals surface area contributed by atoms with E-state index in [4.69, 9.17) is 0 Å². The summed E-state index contributed by atoms with van der Waals surface area (Å²) in [6.07, 6.45) is 2.46. The highest BCUT2D eigenvalue weighted by molar-refractivity contribution is 9.09. The minimum atomic E-state index is 0.692. The number of benzene rings is 1. The number of rotatable bonds is 7. The van der Waals surface area contributed by atoms with Gasteiger partial charge in [-0.1, -0.05) is 47.5 Å². The van der Waals surface area contributed by atoms with Gasteiger partial charge in [0.2, 0.25) is 0 Å². The van der Waals surface area contributed by atoms with Gasteiger partial charge in [-0.3, -0.25) is 4.90 Å². The van der Waals surface area contributed by atoms with Gasteiger partial charge >= 0.3 is 0 Å². The Morgan fingerprint density at radius 1 is 1.05 bits per heavy atom. The smallest absolute Gasteiger partial charge is 0.0242 e. The summed E-state index contributed by atoms with van der Waals surface area (Å²) in [4.78, 5) is 2.62. The molecule has 0 N–H and O–H groups in total. The molecule has 0 fully saturated rings. The Balaban J connectivity index is 2.96. The third-order valence-electron chi connectivity index (χ3n) is 4.03. The second kappa shape index (κ2) is 8.06. The van der Waals surface area contributed by atoms with Crippen molar-refractivity contribution in [3.05, 3.63) is 34.4 Å². The lowest BCUT2D eigenvalue weighted by atomic mass is 9.98. The zero-order chi connectivity index (χ0) is 14.4. The predicted octanol–water partition coefficient (Wildman–Crippen LogP) is 5.00. The molecule has 0 aliphatic carbocycles.